The summed E-state index contributed by atoms with van der Waals surface area (Å²) in [5, 5.41) is 0.805. The fourth-order valence-corrected chi connectivity index (χ4v) is 4.25. The second-order valence-corrected chi connectivity index (χ2v) is 8.02. The number of methoxy groups -OCH3 is 2. The summed E-state index contributed by atoms with van der Waals surface area (Å²) in [5.74, 6) is 0.703. The summed E-state index contributed by atoms with van der Waals surface area (Å²) in [6.45, 7) is 6.38. The van der Waals surface area contributed by atoms with Gasteiger partial charge in [-0.15, -0.1) is 0 Å². The van der Waals surface area contributed by atoms with E-state index >= 15 is 0 Å². The normalized spacial score (nSPS) is 11.8. The van der Waals surface area contributed by atoms with Crippen LogP contribution in [0.3, 0.4) is 0 Å². The van der Waals surface area contributed by atoms with Crippen molar-refractivity contribution in [3.8, 4) is 27.4 Å². The Bertz CT molecular complexity index is 1280. The van der Waals surface area contributed by atoms with Gasteiger partial charge in [0.2, 0.25) is 0 Å². The maximum absolute atomic E-state index is 5.58. The molecule has 8 heteroatoms. The lowest BCUT2D eigenvalue weighted by atomic mass is 10.0. The molecule has 7 nitrogen and oxygen atoms in total. The number of hydrogen-bond acceptors (Lipinski definition) is 8. The Morgan fingerprint density at radius 2 is 1.68 bits per heavy atom. The summed E-state index contributed by atoms with van der Waals surface area (Å²) in [5.41, 5.74) is 7.06. The van der Waals surface area contributed by atoms with Gasteiger partial charge in [-0.25, -0.2) is 15.0 Å². The topological polar surface area (TPSA) is 82.9 Å². The van der Waals surface area contributed by atoms with E-state index in [0.29, 0.717) is 18.0 Å². The van der Waals surface area contributed by atoms with Gasteiger partial charge in [0, 0.05) is 41.4 Å². The predicted molar refractivity (Wildman–Crippen MR) is 123 cm³/mol. The number of ether oxygens (including phenoxy) is 2. The quantitative estimate of drug-likeness (QED) is 0.428. The standard InChI is InChI=1S/C23H23N5O2S/c1-6-15(12-29-4)19-10-26-21-23(27-19)31-22(28-21)18-9-24-13(2)7-16(18)17-8-14(3)25-11-20(17)30-5/h6-11H,12H2,1-5H3/b15-6+. The van der Waals surface area contributed by atoms with Gasteiger partial charge in [-0.2, -0.15) is 0 Å². The number of fused-ring (bicyclic) bond motifs is 1. The molecule has 0 saturated carbocycles. The minimum Gasteiger partial charge on any atom is -0.494 e. The van der Waals surface area contributed by atoms with Gasteiger partial charge in [0.05, 0.1) is 31.8 Å². The van der Waals surface area contributed by atoms with Crippen molar-refractivity contribution in [1.82, 2.24) is 24.9 Å². The third kappa shape index (κ3) is 4.17. The molecular formula is C23H23N5O2S. The van der Waals surface area contributed by atoms with Crippen molar-refractivity contribution in [2.75, 3.05) is 20.8 Å². The van der Waals surface area contributed by atoms with E-state index in [9.17, 15) is 0 Å². The highest BCUT2D eigenvalue weighted by Crippen LogP contribution is 2.39. The van der Waals surface area contributed by atoms with E-state index in [1.54, 1.807) is 26.6 Å². The molecule has 0 fully saturated rings. The van der Waals surface area contributed by atoms with Crippen molar-refractivity contribution in [3.05, 3.63) is 53.9 Å². The molecule has 0 aliphatic heterocycles. The van der Waals surface area contributed by atoms with Crippen molar-refractivity contribution in [2.45, 2.75) is 20.8 Å². The van der Waals surface area contributed by atoms with Crippen LogP contribution in [-0.2, 0) is 4.74 Å². The van der Waals surface area contributed by atoms with Crippen LogP contribution < -0.4 is 4.74 Å². The SMILES string of the molecule is C/C=C(\COC)c1cnc2nc(-c3cnc(C)cc3-c3cc(C)ncc3OC)sc2n1. The summed E-state index contributed by atoms with van der Waals surface area (Å²) >= 11 is 1.49. The first-order chi connectivity index (χ1) is 15.0. The summed E-state index contributed by atoms with van der Waals surface area (Å²) in [7, 11) is 3.32. The molecule has 4 aromatic heterocycles. The van der Waals surface area contributed by atoms with Gasteiger partial charge in [-0.05, 0) is 38.5 Å². The smallest absolute Gasteiger partial charge is 0.190 e. The average Bonchev–Trinajstić information content (AvgIpc) is 3.20. The molecule has 0 unspecified atom stereocenters. The molecule has 4 aromatic rings. The summed E-state index contributed by atoms with van der Waals surface area (Å²) in [6, 6.07) is 4.06. The largest absolute Gasteiger partial charge is 0.494 e. The number of nitrogens with zero attached hydrogens (tertiary/aromatic N) is 5. The van der Waals surface area contributed by atoms with Crippen LogP contribution in [0.15, 0.2) is 36.8 Å². The molecule has 0 amide bonds. The molecule has 158 valence electrons. The van der Waals surface area contributed by atoms with E-state index in [1.165, 1.54) is 11.3 Å². The molecule has 4 rings (SSSR count). The minimum absolute atomic E-state index is 0.482. The van der Waals surface area contributed by atoms with Crippen LogP contribution in [0.5, 0.6) is 5.75 Å². The molecular weight excluding hydrogens is 410 g/mol. The van der Waals surface area contributed by atoms with Crippen molar-refractivity contribution in [3.63, 3.8) is 0 Å². The van der Waals surface area contributed by atoms with Crippen LogP contribution in [0.4, 0.5) is 0 Å². The van der Waals surface area contributed by atoms with Crippen molar-refractivity contribution < 1.29 is 9.47 Å². The van der Waals surface area contributed by atoms with Crippen LogP contribution in [0.25, 0.3) is 37.7 Å². The van der Waals surface area contributed by atoms with E-state index < -0.39 is 0 Å². The number of aryl methyl sites for hydroxylation is 2. The average molecular weight is 434 g/mol. The third-order valence-corrected chi connectivity index (χ3v) is 5.86. The van der Waals surface area contributed by atoms with Gasteiger partial charge in [0.25, 0.3) is 0 Å². The third-order valence-electron chi connectivity index (χ3n) is 4.89. The molecule has 0 aliphatic carbocycles. The zero-order valence-corrected chi connectivity index (χ0v) is 18.9. The molecule has 0 saturated heterocycles. The van der Waals surface area contributed by atoms with Crippen LogP contribution in [0, 0.1) is 13.8 Å². The van der Waals surface area contributed by atoms with Crippen LogP contribution in [0.1, 0.15) is 24.0 Å². The van der Waals surface area contributed by atoms with Gasteiger partial charge < -0.3 is 9.47 Å². The Morgan fingerprint density at radius 1 is 0.935 bits per heavy atom. The van der Waals surface area contributed by atoms with E-state index in [0.717, 1.165) is 49.2 Å². The second kappa shape index (κ2) is 8.87. The maximum Gasteiger partial charge on any atom is 0.190 e. The second-order valence-electron chi connectivity index (χ2n) is 7.05. The first-order valence-corrected chi connectivity index (χ1v) is 10.6. The van der Waals surface area contributed by atoms with E-state index in [4.69, 9.17) is 19.4 Å². The highest BCUT2D eigenvalue weighted by atomic mass is 32.1. The maximum atomic E-state index is 5.58. The van der Waals surface area contributed by atoms with Crippen molar-refractivity contribution >= 4 is 27.4 Å². The molecule has 0 aliphatic rings. The number of rotatable bonds is 6. The highest BCUT2D eigenvalue weighted by Gasteiger charge is 2.18. The van der Waals surface area contributed by atoms with Crippen molar-refractivity contribution in [1.29, 1.82) is 0 Å². The van der Waals surface area contributed by atoms with E-state index in [-0.39, 0.29) is 0 Å². The molecule has 0 N–H and O–H groups in total. The first-order valence-electron chi connectivity index (χ1n) is 9.80. The predicted octanol–water partition coefficient (Wildman–Crippen LogP) is 4.89. The molecule has 0 bridgehead atoms. The van der Waals surface area contributed by atoms with E-state index in [2.05, 4.69) is 15.0 Å². The van der Waals surface area contributed by atoms with Crippen LogP contribution >= 0.6 is 11.3 Å². The lowest BCUT2D eigenvalue weighted by Crippen LogP contribution is -1.97. The fourth-order valence-electron chi connectivity index (χ4n) is 3.33. The monoisotopic (exact) mass is 433 g/mol. The Morgan fingerprint density at radius 3 is 2.39 bits per heavy atom. The Balaban J connectivity index is 1.87. The molecule has 0 aromatic carbocycles. The fraction of sp³-hybridized carbons (Fsp3) is 0.261. The van der Waals surface area contributed by atoms with Gasteiger partial charge in [0.1, 0.15) is 10.8 Å². The summed E-state index contributed by atoms with van der Waals surface area (Å²) in [6.07, 6.45) is 7.32. The lowest BCUT2D eigenvalue weighted by Gasteiger charge is -2.12. The Hall–Kier alpha value is -3.23. The number of hydrogen-bond donors (Lipinski definition) is 0. The number of allylic oxidation sites excluding steroid dienone is 1. The van der Waals surface area contributed by atoms with E-state index in [1.807, 2.05) is 45.2 Å². The Labute approximate surface area is 184 Å². The van der Waals surface area contributed by atoms with Gasteiger partial charge in [-0.3, -0.25) is 9.97 Å². The number of pyridine rings is 2. The molecule has 4 heterocycles. The zero-order valence-electron chi connectivity index (χ0n) is 18.1. The molecule has 31 heavy (non-hydrogen) atoms. The summed E-state index contributed by atoms with van der Waals surface area (Å²) in [4.78, 5) is 23.7. The van der Waals surface area contributed by atoms with Crippen LogP contribution in [0.2, 0.25) is 0 Å². The highest BCUT2D eigenvalue weighted by molar-refractivity contribution is 7.21. The van der Waals surface area contributed by atoms with Gasteiger partial charge >= 0.3 is 0 Å². The van der Waals surface area contributed by atoms with Gasteiger partial charge in [0.15, 0.2) is 10.5 Å². The lowest BCUT2D eigenvalue weighted by molar-refractivity contribution is 0.239. The number of thiazole rings is 1. The molecule has 0 atom stereocenters. The first kappa shape index (κ1) is 21.0. The van der Waals surface area contributed by atoms with Crippen molar-refractivity contribution in [2.24, 2.45) is 0 Å². The Kier molecular flexibility index (Phi) is 6.01. The molecule has 0 radical (unpaired) electrons. The van der Waals surface area contributed by atoms with Crippen LogP contribution in [-0.4, -0.2) is 45.7 Å². The zero-order chi connectivity index (χ0) is 22.0. The molecule has 0 spiro atoms. The number of aromatic nitrogens is 5. The van der Waals surface area contributed by atoms with Gasteiger partial charge in [-0.1, -0.05) is 17.4 Å². The summed E-state index contributed by atoms with van der Waals surface area (Å²) < 4.78 is 10.8. The minimum atomic E-state index is 0.482.